The van der Waals surface area contributed by atoms with Crippen LogP contribution in [0.2, 0.25) is 4.47 Å². The van der Waals surface area contributed by atoms with E-state index in [2.05, 4.69) is 22.3 Å². The molecular weight excluding hydrogens is 294 g/mol. The van der Waals surface area contributed by atoms with Crippen molar-refractivity contribution >= 4 is 28.8 Å². The maximum Gasteiger partial charge on any atom is 0.285 e. The van der Waals surface area contributed by atoms with E-state index in [9.17, 15) is 4.79 Å². The summed E-state index contributed by atoms with van der Waals surface area (Å²) in [6.45, 7) is 0. The van der Waals surface area contributed by atoms with Gasteiger partial charge in [-0.3, -0.25) is 4.79 Å². The van der Waals surface area contributed by atoms with E-state index in [1.807, 2.05) is 19.2 Å². The summed E-state index contributed by atoms with van der Waals surface area (Å²) < 4.78 is 0.297. The highest BCUT2D eigenvalue weighted by atomic mass is 35.5. The summed E-state index contributed by atoms with van der Waals surface area (Å²) in [5, 5.41) is 7.88. The van der Waals surface area contributed by atoms with Crippen LogP contribution in [-0.4, -0.2) is 28.1 Å². The highest BCUT2D eigenvalue weighted by Gasteiger charge is 2.28. The fourth-order valence-electron chi connectivity index (χ4n) is 2.71. The number of rotatable bonds is 2. The van der Waals surface area contributed by atoms with Crippen molar-refractivity contribution in [1.29, 1.82) is 0 Å². The number of fused-ring (bicyclic) bond motifs is 1. The second-order valence-corrected chi connectivity index (χ2v) is 6.44. The standard InChI is InChI=1S/C14H14ClN3OS/c1-18(13(19)12-16-17-14(15)20-12)11-8-4-6-9-5-2-3-7-10(9)11/h2-3,5,7,11H,4,6,8H2,1H3. The summed E-state index contributed by atoms with van der Waals surface area (Å²) in [6.07, 6.45) is 3.15. The van der Waals surface area contributed by atoms with Crippen LogP contribution in [-0.2, 0) is 6.42 Å². The molecule has 0 aliphatic heterocycles. The topological polar surface area (TPSA) is 46.1 Å². The van der Waals surface area contributed by atoms with Gasteiger partial charge in [0.15, 0.2) is 0 Å². The average Bonchev–Trinajstić information content (AvgIpc) is 2.91. The molecule has 2 aromatic rings. The molecule has 0 bridgehead atoms. The van der Waals surface area contributed by atoms with E-state index in [0.29, 0.717) is 9.47 Å². The first kappa shape index (κ1) is 13.5. The molecule has 0 fully saturated rings. The number of hydrogen-bond acceptors (Lipinski definition) is 4. The molecule has 104 valence electrons. The fourth-order valence-corrected chi connectivity index (χ4v) is 3.53. The number of aryl methyl sites for hydroxylation is 1. The Morgan fingerprint density at radius 2 is 2.20 bits per heavy atom. The molecule has 1 heterocycles. The summed E-state index contributed by atoms with van der Waals surface area (Å²) in [5.41, 5.74) is 2.57. The summed E-state index contributed by atoms with van der Waals surface area (Å²) in [5.74, 6) is -0.115. The van der Waals surface area contributed by atoms with Gasteiger partial charge in [0.25, 0.3) is 5.91 Å². The van der Waals surface area contributed by atoms with Crippen LogP contribution in [0.4, 0.5) is 0 Å². The van der Waals surface area contributed by atoms with E-state index in [1.165, 1.54) is 11.1 Å². The number of benzene rings is 1. The number of hydrogen-bond donors (Lipinski definition) is 0. The third-order valence-corrected chi connectivity index (χ3v) is 4.72. The Hall–Kier alpha value is -1.46. The third kappa shape index (κ3) is 2.43. The molecule has 1 unspecified atom stereocenters. The van der Waals surface area contributed by atoms with E-state index in [4.69, 9.17) is 11.6 Å². The van der Waals surface area contributed by atoms with Crippen LogP contribution in [0.5, 0.6) is 0 Å². The molecule has 0 saturated heterocycles. The van der Waals surface area contributed by atoms with Crippen LogP contribution in [0.15, 0.2) is 24.3 Å². The Morgan fingerprint density at radius 1 is 1.40 bits per heavy atom. The van der Waals surface area contributed by atoms with Crippen LogP contribution in [0.25, 0.3) is 0 Å². The lowest BCUT2D eigenvalue weighted by Crippen LogP contribution is -2.33. The van der Waals surface area contributed by atoms with Crippen molar-refractivity contribution in [2.24, 2.45) is 0 Å². The Morgan fingerprint density at radius 3 is 2.95 bits per heavy atom. The highest BCUT2D eigenvalue weighted by molar-refractivity contribution is 7.17. The summed E-state index contributed by atoms with van der Waals surface area (Å²) in [6, 6.07) is 8.43. The molecule has 0 spiro atoms. The zero-order valence-corrected chi connectivity index (χ0v) is 12.6. The first-order valence-electron chi connectivity index (χ1n) is 6.51. The maximum atomic E-state index is 12.4. The quantitative estimate of drug-likeness (QED) is 0.855. The monoisotopic (exact) mass is 307 g/mol. The Kier molecular flexibility index (Phi) is 3.72. The Labute approximate surface area is 126 Å². The van der Waals surface area contributed by atoms with E-state index in [-0.39, 0.29) is 11.9 Å². The van der Waals surface area contributed by atoms with E-state index in [1.54, 1.807) is 4.90 Å². The second-order valence-electron chi connectivity index (χ2n) is 4.88. The Bertz CT molecular complexity index is 643. The normalized spacial score (nSPS) is 17.6. The van der Waals surface area contributed by atoms with Gasteiger partial charge in [-0.15, -0.1) is 10.2 Å². The van der Waals surface area contributed by atoms with Crippen molar-refractivity contribution in [3.05, 3.63) is 44.9 Å². The van der Waals surface area contributed by atoms with Crippen LogP contribution in [0.1, 0.15) is 39.8 Å². The van der Waals surface area contributed by atoms with Gasteiger partial charge in [-0.05, 0) is 42.0 Å². The van der Waals surface area contributed by atoms with Crippen LogP contribution < -0.4 is 0 Å². The molecule has 0 saturated carbocycles. The van der Waals surface area contributed by atoms with Crippen molar-refractivity contribution in [3.8, 4) is 0 Å². The van der Waals surface area contributed by atoms with Crippen molar-refractivity contribution in [1.82, 2.24) is 15.1 Å². The lowest BCUT2D eigenvalue weighted by atomic mass is 9.87. The molecule has 1 aromatic carbocycles. The summed E-state index contributed by atoms with van der Waals surface area (Å²) in [4.78, 5) is 14.2. The molecule has 1 aliphatic rings. The number of nitrogens with zero attached hydrogens (tertiary/aromatic N) is 3. The number of carbonyl (C=O) groups excluding carboxylic acids is 1. The van der Waals surface area contributed by atoms with Gasteiger partial charge >= 0.3 is 0 Å². The molecule has 1 aliphatic carbocycles. The van der Waals surface area contributed by atoms with Gasteiger partial charge < -0.3 is 4.90 Å². The van der Waals surface area contributed by atoms with E-state index in [0.717, 1.165) is 30.6 Å². The Balaban J connectivity index is 1.88. The maximum absolute atomic E-state index is 12.4. The van der Waals surface area contributed by atoms with Gasteiger partial charge in [0.1, 0.15) is 0 Å². The molecule has 4 nitrogen and oxygen atoms in total. The third-order valence-electron chi connectivity index (χ3n) is 3.71. The van der Waals surface area contributed by atoms with Crippen LogP contribution in [0.3, 0.4) is 0 Å². The number of amides is 1. The number of carbonyl (C=O) groups is 1. The van der Waals surface area contributed by atoms with E-state index < -0.39 is 0 Å². The molecule has 1 aromatic heterocycles. The van der Waals surface area contributed by atoms with Gasteiger partial charge in [0.2, 0.25) is 9.47 Å². The molecule has 20 heavy (non-hydrogen) atoms. The zero-order valence-electron chi connectivity index (χ0n) is 11.0. The lowest BCUT2D eigenvalue weighted by molar-refractivity contribution is 0.0714. The van der Waals surface area contributed by atoms with Crippen molar-refractivity contribution in [2.75, 3.05) is 7.05 Å². The minimum absolute atomic E-state index is 0.107. The molecule has 0 N–H and O–H groups in total. The number of aromatic nitrogens is 2. The smallest absolute Gasteiger partial charge is 0.285 e. The fraction of sp³-hybridized carbons (Fsp3) is 0.357. The number of halogens is 1. The van der Waals surface area contributed by atoms with Gasteiger partial charge in [-0.2, -0.15) is 0 Å². The van der Waals surface area contributed by atoms with Crippen LogP contribution >= 0.6 is 22.9 Å². The largest absolute Gasteiger partial charge is 0.333 e. The van der Waals surface area contributed by atoms with Gasteiger partial charge in [0.05, 0.1) is 6.04 Å². The minimum Gasteiger partial charge on any atom is -0.333 e. The lowest BCUT2D eigenvalue weighted by Gasteiger charge is -2.32. The molecule has 3 rings (SSSR count). The second kappa shape index (κ2) is 5.50. The molecule has 1 amide bonds. The predicted molar refractivity (Wildman–Crippen MR) is 79.1 cm³/mol. The predicted octanol–water partition coefficient (Wildman–Crippen LogP) is 3.34. The van der Waals surface area contributed by atoms with Gasteiger partial charge in [-0.25, -0.2) is 0 Å². The van der Waals surface area contributed by atoms with Crippen molar-refractivity contribution in [2.45, 2.75) is 25.3 Å². The summed E-state index contributed by atoms with van der Waals surface area (Å²) >= 11 is 6.87. The van der Waals surface area contributed by atoms with Gasteiger partial charge in [0, 0.05) is 7.05 Å². The van der Waals surface area contributed by atoms with Crippen LogP contribution in [0, 0.1) is 0 Å². The zero-order chi connectivity index (χ0) is 14.1. The first-order valence-corrected chi connectivity index (χ1v) is 7.70. The molecule has 1 atom stereocenters. The van der Waals surface area contributed by atoms with E-state index >= 15 is 0 Å². The average molecular weight is 308 g/mol. The van der Waals surface area contributed by atoms with Crippen molar-refractivity contribution < 1.29 is 4.79 Å². The molecule has 0 radical (unpaired) electrons. The SMILES string of the molecule is CN(C(=O)c1nnc(Cl)s1)C1CCCc2ccccc21. The summed E-state index contributed by atoms with van der Waals surface area (Å²) in [7, 11) is 1.82. The highest BCUT2D eigenvalue weighted by Crippen LogP contribution is 2.34. The van der Waals surface area contributed by atoms with Gasteiger partial charge in [-0.1, -0.05) is 35.6 Å². The first-order chi connectivity index (χ1) is 9.66. The van der Waals surface area contributed by atoms with Crippen molar-refractivity contribution in [3.63, 3.8) is 0 Å². The molecule has 6 heteroatoms. The minimum atomic E-state index is -0.115. The molecular formula is C14H14ClN3OS.